The lowest BCUT2D eigenvalue weighted by Gasteiger charge is -2.29. The summed E-state index contributed by atoms with van der Waals surface area (Å²) in [6, 6.07) is 58.1. The number of anilines is 5. The molecule has 12 heterocycles. The Balaban J connectivity index is 0.000000118. The molecule has 12 aromatic rings. The van der Waals surface area contributed by atoms with Crippen LogP contribution in [-0.4, -0.2) is 173 Å². The molecule has 0 saturated carbocycles. The SMILES string of the molecule is C=C(NCCc1ccccc1)c1ccc(C2=CCc3ncc(N4CCOCC4)cc32)nc1.C=C(NCCc1ccccc1)c1ccc(C2=CCc3ncc(N4CCOCC4)cc32)nn1.C=C(NCc1ccccc1)c1ncc(C2=CCc3ncc(N4CCOCC4)cc32)cn1.C=C(Nc1ccccc1)c1ncc(C2=CCc3ncc(N4CCOCC4)cc32)cn1. The second kappa shape index (κ2) is 40.8. The third kappa shape index (κ3) is 21.0. The number of pyridine rings is 5. The first-order valence-corrected chi connectivity index (χ1v) is 43.1. The summed E-state index contributed by atoms with van der Waals surface area (Å²) in [6.45, 7) is 32.1. The van der Waals surface area contributed by atoms with Crippen molar-refractivity contribution in [2.24, 2.45) is 0 Å². The minimum absolute atomic E-state index is 0.585. The fraction of sp³-hybridized carbons (Fsp3) is 0.245. The fourth-order valence-electron chi connectivity index (χ4n) is 16.2. The van der Waals surface area contributed by atoms with E-state index in [4.69, 9.17) is 43.9 Å². The van der Waals surface area contributed by atoms with E-state index in [1.54, 1.807) is 0 Å². The van der Waals surface area contributed by atoms with Gasteiger partial charge in [-0.1, -0.05) is 160 Å². The van der Waals surface area contributed by atoms with Crippen molar-refractivity contribution in [3.8, 4) is 0 Å². The van der Waals surface area contributed by atoms with Crippen LogP contribution >= 0.6 is 0 Å². The highest BCUT2D eigenvalue weighted by molar-refractivity contribution is 5.88. The number of hydrogen-bond acceptors (Lipinski definition) is 23. The number of rotatable bonds is 25. The summed E-state index contributed by atoms with van der Waals surface area (Å²) < 4.78 is 21.9. The van der Waals surface area contributed by atoms with Gasteiger partial charge in [-0.05, 0) is 101 Å². The Kier molecular flexibility index (Phi) is 27.2. The highest BCUT2D eigenvalue weighted by Crippen LogP contribution is 2.39. The second-order valence-electron chi connectivity index (χ2n) is 31.3. The van der Waals surface area contributed by atoms with E-state index < -0.39 is 0 Å². The van der Waals surface area contributed by atoms with Crippen molar-refractivity contribution >= 4 is 73.5 Å². The van der Waals surface area contributed by atoms with Crippen molar-refractivity contribution in [3.05, 3.63) is 383 Å². The number of nitrogens with zero attached hydrogens (tertiary/aromatic N) is 15. The highest BCUT2D eigenvalue weighted by Gasteiger charge is 2.27. The minimum atomic E-state index is 0.585. The van der Waals surface area contributed by atoms with Crippen LogP contribution in [0.5, 0.6) is 0 Å². The predicted octanol–water partition coefficient (Wildman–Crippen LogP) is 14.8. The molecule has 125 heavy (non-hydrogen) atoms. The van der Waals surface area contributed by atoms with Gasteiger partial charge in [0.15, 0.2) is 11.6 Å². The molecule has 0 unspecified atom stereocenters. The lowest BCUT2D eigenvalue weighted by molar-refractivity contribution is 0.122. The van der Waals surface area contributed by atoms with Crippen molar-refractivity contribution in [2.45, 2.75) is 45.1 Å². The van der Waals surface area contributed by atoms with E-state index in [1.165, 1.54) is 27.8 Å². The lowest BCUT2D eigenvalue weighted by Crippen LogP contribution is -2.36. The topological polar surface area (TPSA) is 240 Å². The third-order valence-corrected chi connectivity index (χ3v) is 23.2. The summed E-state index contributed by atoms with van der Waals surface area (Å²) in [5.74, 6) is 1.19. The molecule has 8 aromatic heterocycles. The maximum atomic E-state index is 5.49. The van der Waals surface area contributed by atoms with Gasteiger partial charge in [0, 0.05) is 190 Å². The van der Waals surface area contributed by atoms with Gasteiger partial charge in [-0.3, -0.25) is 24.9 Å². The summed E-state index contributed by atoms with van der Waals surface area (Å²) in [4.78, 5) is 51.1. The van der Waals surface area contributed by atoms with Crippen LogP contribution in [0, 0.1) is 0 Å². The van der Waals surface area contributed by atoms with Crippen LogP contribution in [0.15, 0.2) is 276 Å². The van der Waals surface area contributed by atoms with Gasteiger partial charge in [-0.15, -0.1) is 10.2 Å². The zero-order valence-electron chi connectivity index (χ0n) is 70.5. The molecular formula is C102H103N19O4. The van der Waals surface area contributed by atoms with Crippen LogP contribution in [0.3, 0.4) is 0 Å². The molecule has 630 valence electrons. The van der Waals surface area contributed by atoms with Crippen molar-refractivity contribution in [1.29, 1.82) is 0 Å². The second-order valence-corrected chi connectivity index (χ2v) is 31.3. The van der Waals surface area contributed by atoms with Gasteiger partial charge in [0.25, 0.3) is 0 Å². The van der Waals surface area contributed by atoms with E-state index in [1.807, 2.05) is 129 Å². The number of aromatic nitrogens is 11. The molecule has 8 aliphatic rings. The molecule has 4 aliphatic carbocycles. The molecule has 0 radical (unpaired) electrons. The molecule has 0 amide bonds. The lowest BCUT2D eigenvalue weighted by atomic mass is 10.0. The van der Waals surface area contributed by atoms with Gasteiger partial charge in [0.2, 0.25) is 0 Å². The number of morpholine rings is 4. The molecule has 4 aromatic carbocycles. The van der Waals surface area contributed by atoms with Gasteiger partial charge >= 0.3 is 0 Å². The number of hydrogen-bond donors (Lipinski definition) is 4. The summed E-state index contributed by atoms with van der Waals surface area (Å²) in [5, 5.41) is 22.3. The standard InChI is InChI=1S/C27H28N4O.C26H27N5O.C25H25N5O.C24H23N5O/c1-20(28-12-11-21-5-3-2-4-6-21)22-7-9-26(29-18-22)24-8-10-27-25(24)17-23(19-30-27)31-13-15-32-16-14-31;1-19(27-12-11-20-5-3-2-4-6-20)24-9-10-26(30-29-24)22-7-8-25-23(22)17-21(18-28-25)31-13-15-32-16-14-31;1-18(26-14-19-5-3-2-4-6-19)25-28-15-20(16-29-25)22-7-8-24-23(22)13-21(17-27-24)30-9-11-31-12-10-30;1-17(28-19-5-3-2-4-6-19)24-26-14-18(15-27-24)21-7-8-23-22(21)13-20(16-25-23)29-9-11-30-12-10-29/h2-9,17-19,28H,1,10-16H2;2-7,9-10,17-18,27H,1,8,11-16H2;2-7,13,15-17,26H,1,8-12,14H2;2-7,13-16,28H,1,8-12H2. The van der Waals surface area contributed by atoms with E-state index in [9.17, 15) is 0 Å². The van der Waals surface area contributed by atoms with Gasteiger partial charge in [0.05, 0.1) is 152 Å². The van der Waals surface area contributed by atoms with Gasteiger partial charge < -0.3 is 59.8 Å². The average molecular weight is 1660 g/mol. The summed E-state index contributed by atoms with van der Waals surface area (Å²) in [6.07, 6.45) is 31.4. The zero-order valence-corrected chi connectivity index (χ0v) is 70.5. The largest absolute Gasteiger partial charge is 0.385 e. The van der Waals surface area contributed by atoms with Crippen LogP contribution in [0.4, 0.5) is 28.4 Å². The van der Waals surface area contributed by atoms with Crippen molar-refractivity contribution in [1.82, 2.24) is 71.0 Å². The smallest absolute Gasteiger partial charge is 0.175 e. The molecule has 23 heteroatoms. The molecule has 0 spiro atoms. The third-order valence-electron chi connectivity index (χ3n) is 23.2. The van der Waals surface area contributed by atoms with Crippen LogP contribution in [0.2, 0.25) is 0 Å². The number of nitrogens with one attached hydrogen (secondary N) is 4. The zero-order chi connectivity index (χ0) is 84.9. The van der Waals surface area contributed by atoms with Crippen LogP contribution in [0.25, 0.3) is 45.1 Å². The number of para-hydroxylation sites is 1. The van der Waals surface area contributed by atoms with Crippen molar-refractivity contribution in [2.75, 3.05) is 143 Å². The molecule has 23 nitrogen and oxygen atoms in total. The van der Waals surface area contributed by atoms with Crippen molar-refractivity contribution < 1.29 is 18.9 Å². The van der Waals surface area contributed by atoms with Crippen LogP contribution in [0.1, 0.15) is 107 Å². The first kappa shape index (κ1) is 83.3. The Morgan fingerprint density at radius 3 is 1.09 bits per heavy atom. The Morgan fingerprint density at radius 1 is 0.320 bits per heavy atom. The van der Waals surface area contributed by atoms with E-state index >= 15 is 0 Å². The fourth-order valence-corrected chi connectivity index (χ4v) is 16.2. The first-order valence-electron chi connectivity index (χ1n) is 43.1. The molecule has 20 rings (SSSR count). The quantitative estimate of drug-likeness (QED) is 0.0416. The van der Waals surface area contributed by atoms with Crippen LogP contribution < -0.4 is 40.9 Å². The molecule has 4 saturated heterocycles. The Morgan fingerprint density at radius 2 is 0.688 bits per heavy atom. The normalized spacial score (nSPS) is 15.3. The number of fused-ring (bicyclic) bond motifs is 4. The molecule has 4 N–H and O–H groups in total. The molecule has 0 atom stereocenters. The number of ether oxygens (including phenoxy) is 4. The van der Waals surface area contributed by atoms with Gasteiger partial charge in [-0.2, -0.15) is 0 Å². The summed E-state index contributed by atoms with van der Waals surface area (Å²) >= 11 is 0. The first-order chi connectivity index (χ1) is 61.6. The molecule has 0 bridgehead atoms. The predicted molar refractivity (Wildman–Crippen MR) is 498 cm³/mol. The molecule has 4 aliphatic heterocycles. The van der Waals surface area contributed by atoms with Crippen LogP contribution in [-0.2, 0) is 64.0 Å². The monoisotopic (exact) mass is 1660 g/mol. The van der Waals surface area contributed by atoms with Gasteiger partial charge in [0.1, 0.15) is 5.69 Å². The Labute approximate surface area is 731 Å². The minimum Gasteiger partial charge on any atom is -0.385 e. The van der Waals surface area contributed by atoms with E-state index in [0.29, 0.717) is 29.6 Å². The van der Waals surface area contributed by atoms with E-state index in [0.717, 1.165) is 287 Å². The molecular weight excluding hydrogens is 1560 g/mol. The van der Waals surface area contributed by atoms with E-state index in [-0.39, 0.29) is 0 Å². The summed E-state index contributed by atoms with van der Waals surface area (Å²) in [5.41, 5.74) is 31.7. The molecule has 4 fully saturated rings. The van der Waals surface area contributed by atoms with E-state index in [2.05, 4.69) is 219 Å². The summed E-state index contributed by atoms with van der Waals surface area (Å²) in [7, 11) is 0. The van der Waals surface area contributed by atoms with Crippen molar-refractivity contribution in [3.63, 3.8) is 0 Å². The highest BCUT2D eigenvalue weighted by atomic mass is 16.5. The maximum absolute atomic E-state index is 5.49. The van der Waals surface area contributed by atoms with Gasteiger partial charge in [-0.25, -0.2) is 19.9 Å². The number of allylic oxidation sites excluding steroid dienone is 4. The maximum Gasteiger partial charge on any atom is 0.175 e. The Hall–Kier alpha value is -14.0. The number of benzene rings is 4. The average Bonchev–Trinajstić information content (AvgIpc) is 1.67. The Bertz CT molecular complexity index is 5690.